The largest absolute Gasteiger partial charge is 0.370 e. The molecule has 1 heterocycles. The van der Waals surface area contributed by atoms with Crippen molar-refractivity contribution in [3.63, 3.8) is 0 Å². The van der Waals surface area contributed by atoms with E-state index < -0.39 is 0 Å². The number of ether oxygens (including phenoxy) is 1. The third kappa shape index (κ3) is 1.46. The molecule has 1 spiro atoms. The summed E-state index contributed by atoms with van der Waals surface area (Å²) < 4.78 is 5.59. The van der Waals surface area contributed by atoms with Crippen molar-refractivity contribution in [3.8, 4) is 0 Å². The van der Waals surface area contributed by atoms with Gasteiger partial charge in [0, 0.05) is 0 Å². The Morgan fingerprint density at radius 3 is 2.71 bits per heavy atom. The van der Waals surface area contributed by atoms with E-state index in [1.807, 2.05) is 0 Å². The van der Waals surface area contributed by atoms with Crippen LogP contribution in [0.1, 0.15) is 37.2 Å². The molecule has 2 fully saturated rings. The number of rotatable bonds is 1. The van der Waals surface area contributed by atoms with Crippen LogP contribution < -0.4 is 0 Å². The second-order valence-electron chi connectivity index (χ2n) is 4.68. The molecular formula is C13H16O. The summed E-state index contributed by atoms with van der Waals surface area (Å²) in [7, 11) is 0. The minimum atomic E-state index is 0.304. The van der Waals surface area contributed by atoms with Crippen molar-refractivity contribution >= 4 is 0 Å². The molecule has 14 heavy (non-hydrogen) atoms. The molecule has 1 heteroatoms. The predicted molar refractivity (Wildman–Crippen MR) is 56.3 cm³/mol. The molecule has 3 rings (SSSR count). The summed E-state index contributed by atoms with van der Waals surface area (Å²) >= 11 is 0. The predicted octanol–water partition coefficient (Wildman–Crippen LogP) is 3.11. The summed E-state index contributed by atoms with van der Waals surface area (Å²) in [6.07, 6.45) is 5.21. The average molecular weight is 188 g/mol. The molecule has 0 aromatic heterocycles. The van der Waals surface area contributed by atoms with E-state index in [2.05, 4.69) is 30.3 Å². The molecule has 1 aromatic rings. The Morgan fingerprint density at radius 2 is 2.00 bits per heavy atom. The lowest BCUT2D eigenvalue weighted by Gasteiger charge is -2.27. The zero-order valence-electron chi connectivity index (χ0n) is 8.41. The maximum atomic E-state index is 5.59. The van der Waals surface area contributed by atoms with E-state index in [9.17, 15) is 0 Å². The van der Waals surface area contributed by atoms with Crippen LogP contribution in [-0.4, -0.2) is 12.2 Å². The van der Waals surface area contributed by atoms with Crippen molar-refractivity contribution in [3.05, 3.63) is 35.9 Å². The smallest absolute Gasteiger partial charge is 0.0922 e. The molecule has 2 atom stereocenters. The first-order valence-corrected chi connectivity index (χ1v) is 5.57. The standard InChI is InChI=1S/C13H16O/c1-2-5-11(6-3-1)12-7-4-8-13(9-12)10-14-13/h1-3,5-6,12H,4,7-10H2. The van der Waals surface area contributed by atoms with E-state index in [0.717, 1.165) is 12.5 Å². The molecule has 1 nitrogen and oxygen atoms in total. The summed E-state index contributed by atoms with van der Waals surface area (Å²) in [5.41, 5.74) is 1.81. The summed E-state index contributed by atoms with van der Waals surface area (Å²) in [6, 6.07) is 10.9. The van der Waals surface area contributed by atoms with E-state index in [1.165, 1.54) is 31.2 Å². The Balaban J connectivity index is 1.79. The van der Waals surface area contributed by atoms with Crippen LogP contribution >= 0.6 is 0 Å². The van der Waals surface area contributed by atoms with Gasteiger partial charge in [0.15, 0.2) is 0 Å². The third-order valence-corrected chi connectivity index (χ3v) is 3.63. The lowest BCUT2D eigenvalue weighted by Crippen LogP contribution is -2.21. The summed E-state index contributed by atoms with van der Waals surface area (Å²) in [6.45, 7) is 1.01. The first-order chi connectivity index (χ1) is 6.88. The quantitative estimate of drug-likeness (QED) is 0.617. The van der Waals surface area contributed by atoms with Crippen molar-refractivity contribution in [2.75, 3.05) is 6.61 Å². The number of hydrogen-bond acceptors (Lipinski definition) is 1. The van der Waals surface area contributed by atoms with Gasteiger partial charge >= 0.3 is 0 Å². The fourth-order valence-corrected chi connectivity index (χ4v) is 2.70. The van der Waals surface area contributed by atoms with Gasteiger partial charge in [-0.25, -0.2) is 0 Å². The molecule has 0 N–H and O–H groups in total. The van der Waals surface area contributed by atoms with Crippen LogP contribution in [0.4, 0.5) is 0 Å². The Morgan fingerprint density at radius 1 is 1.21 bits per heavy atom. The highest BCUT2D eigenvalue weighted by molar-refractivity contribution is 5.21. The number of benzene rings is 1. The van der Waals surface area contributed by atoms with Crippen LogP contribution in [-0.2, 0) is 4.74 Å². The molecule has 1 aliphatic heterocycles. The van der Waals surface area contributed by atoms with Crippen LogP contribution in [0.25, 0.3) is 0 Å². The molecule has 0 radical (unpaired) electrons. The Bertz CT molecular complexity index is 313. The average Bonchev–Trinajstić information content (AvgIpc) is 2.99. The molecule has 1 aromatic carbocycles. The molecule has 2 unspecified atom stereocenters. The Hall–Kier alpha value is -0.820. The van der Waals surface area contributed by atoms with Crippen LogP contribution in [0.15, 0.2) is 30.3 Å². The molecule has 0 amide bonds. The third-order valence-electron chi connectivity index (χ3n) is 3.63. The van der Waals surface area contributed by atoms with E-state index in [1.54, 1.807) is 0 Å². The molecule has 74 valence electrons. The second-order valence-corrected chi connectivity index (χ2v) is 4.68. The first kappa shape index (κ1) is 8.49. The van der Waals surface area contributed by atoms with E-state index in [-0.39, 0.29) is 0 Å². The summed E-state index contributed by atoms with van der Waals surface area (Å²) in [5.74, 6) is 0.743. The minimum absolute atomic E-state index is 0.304. The first-order valence-electron chi connectivity index (χ1n) is 5.57. The van der Waals surface area contributed by atoms with Gasteiger partial charge in [0.25, 0.3) is 0 Å². The Labute approximate surface area is 85.1 Å². The molecule has 1 aliphatic carbocycles. The van der Waals surface area contributed by atoms with Crippen LogP contribution in [0.2, 0.25) is 0 Å². The van der Waals surface area contributed by atoms with Gasteiger partial charge < -0.3 is 4.74 Å². The van der Waals surface area contributed by atoms with Gasteiger partial charge in [-0.2, -0.15) is 0 Å². The normalized spacial score (nSPS) is 35.9. The number of epoxide rings is 1. The van der Waals surface area contributed by atoms with E-state index in [0.29, 0.717) is 5.60 Å². The van der Waals surface area contributed by atoms with Gasteiger partial charge in [-0.1, -0.05) is 30.3 Å². The minimum Gasteiger partial charge on any atom is -0.370 e. The van der Waals surface area contributed by atoms with Gasteiger partial charge in [0.05, 0.1) is 12.2 Å². The fourth-order valence-electron chi connectivity index (χ4n) is 2.70. The lowest BCUT2D eigenvalue weighted by atomic mass is 9.78. The fraction of sp³-hybridized carbons (Fsp3) is 0.538. The maximum Gasteiger partial charge on any atom is 0.0922 e. The zero-order valence-corrected chi connectivity index (χ0v) is 8.41. The van der Waals surface area contributed by atoms with Gasteiger partial charge in [0.1, 0.15) is 0 Å². The lowest BCUT2D eigenvalue weighted by molar-refractivity contribution is 0.220. The number of hydrogen-bond donors (Lipinski definition) is 0. The van der Waals surface area contributed by atoms with E-state index >= 15 is 0 Å². The van der Waals surface area contributed by atoms with Gasteiger partial charge in [0.2, 0.25) is 0 Å². The van der Waals surface area contributed by atoms with Crippen molar-refractivity contribution in [1.29, 1.82) is 0 Å². The molecular weight excluding hydrogens is 172 g/mol. The van der Waals surface area contributed by atoms with Crippen molar-refractivity contribution < 1.29 is 4.74 Å². The summed E-state index contributed by atoms with van der Waals surface area (Å²) in [5, 5.41) is 0. The van der Waals surface area contributed by atoms with Gasteiger partial charge in [-0.15, -0.1) is 0 Å². The van der Waals surface area contributed by atoms with Crippen molar-refractivity contribution in [1.82, 2.24) is 0 Å². The summed E-state index contributed by atoms with van der Waals surface area (Å²) in [4.78, 5) is 0. The SMILES string of the molecule is c1ccc(C2CCCC3(CO3)C2)cc1. The van der Waals surface area contributed by atoms with Crippen LogP contribution in [0, 0.1) is 0 Å². The molecule has 1 saturated carbocycles. The highest BCUT2D eigenvalue weighted by atomic mass is 16.6. The van der Waals surface area contributed by atoms with Crippen molar-refractivity contribution in [2.45, 2.75) is 37.2 Å². The zero-order chi connectivity index (χ0) is 9.43. The van der Waals surface area contributed by atoms with Crippen LogP contribution in [0.3, 0.4) is 0 Å². The van der Waals surface area contributed by atoms with Gasteiger partial charge in [-0.3, -0.25) is 0 Å². The second kappa shape index (κ2) is 3.09. The van der Waals surface area contributed by atoms with E-state index in [4.69, 9.17) is 4.74 Å². The van der Waals surface area contributed by atoms with Crippen molar-refractivity contribution in [2.24, 2.45) is 0 Å². The highest BCUT2D eigenvalue weighted by Gasteiger charge is 2.47. The molecule has 1 saturated heterocycles. The topological polar surface area (TPSA) is 12.5 Å². The van der Waals surface area contributed by atoms with Gasteiger partial charge in [-0.05, 0) is 37.2 Å². The molecule has 2 aliphatic rings. The maximum absolute atomic E-state index is 5.59. The molecule has 0 bridgehead atoms. The monoisotopic (exact) mass is 188 g/mol. The van der Waals surface area contributed by atoms with Crippen LogP contribution in [0.5, 0.6) is 0 Å². The highest BCUT2D eigenvalue weighted by Crippen LogP contribution is 2.47. The Kier molecular flexibility index (Phi) is 1.88.